The number of carbonyl (C=O) groups is 3. The van der Waals surface area contributed by atoms with E-state index in [1.807, 2.05) is 0 Å². The molecule has 3 fully saturated rings. The lowest BCUT2D eigenvalue weighted by atomic mass is 9.95. The number of hydrogen-bond acceptors (Lipinski definition) is 15. The number of nitrogens with zero attached hydrogens (tertiary/aromatic N) is 4. The Balaban J connectivity index is 1.44. The van der Waals surface area contributed by atoms with Gasteiger partial charge in [0.05, 0.1) is 29.7 Å². The highest BCUT2D eigenvalue weighted by Gasteiger charge is 2.95. The normalized spacial score (nSPS) is 27.2. The van der Waals surface area contributed by atoms with Crippen LogP contribution in [-0.4, -0.2) is 81.3 Å². The molecule has 1 unspecified atom stereocenters. The van der Waals surface area contributed by atoms with Crippen LogP contribution in [0, 0.1) is 22.2 Å². The Kier molecular flexibility index (Phi) is 10.3. The molecule has 2 aromatic heterocycles. The first-order valence-electron chi connectivity index (χ1n) is 17.6. The minimum atomic E-state index is -4.73. The molecular weight excluding hydrogens is 723 g/mol. The molecule has 1 aliphatic carbocycles. The van der Waals surface area contributed by atoms with E-state index in [0.717, 1.165) is 0 Å². The molecule has 18 heteroatoms. The number of esters is 3. The Hall–Kier alpha value is -4.59. The second kappa shape index (κ2) is 14.2. The van der Waals surface area contributed by atoms with Gasteiger partial charge in [0, 0.05) is 12.8 Å². The third-order valence-corrected chi connectivity index (χ3v) is 11.0. The van der Waals surface area contributed by atoms with Gasteiger partial charge in [0.15, 0.2) is 18.0 Å². The van der Waals surface area contributed by atoms with Crippen molar-refractivity contribution in [2.75, 3.05) is 18.9 Å². The molecule has 17 nitrogen and oxygen atoms in total. The zero-order chi connectivity index (χ0) is 39.3. The van der Waals surface area contributed by atoms with E-state index in [4.69, 9.17) is 38.5 Å². The van der Waals surface area contributed by atoms with Crippen LogP contribution in [0.1, 0.15) is 73.1 Å². The Bertz CT molecular complexity index is 2000. The van der Waals surface area contributed by atoms with Crippen LogP contribution in [-0.2, 0) is 47.2 Å². The topological polar surface area (TPSA) is 225 Å². The average Bonchev–Trinajstić information content (AvgIpc) is 3.35. The first kappa shape index (κ1) is 39.1. The summed E-state index contributed by atoms with van der Waals surface area (Å²) < 4.78 is 58.4. The molecule has 0 bridgehead atoms. The van der Waals surface area contributed by atoms with E-state index in [1.165, 1.54) is 29.9 Å². The highest BCUT2D eigenvalue weighted by Crippen LogP contribution is 2.71. The first-order chi connectivity index (χ1) is 25.3. The predicted molar refractivity (Wildman–Crippen MR) is 189 cm³/mol. The van der Waals surface area contributed by atoms with E-state index in [1.54, 1.807) is 71.9 Å². The fraction of sp³-hybridized carbons (Fsp3) is 0.556. The molecule has 1 saturated carbocycles. The number of anilines is 1. The van der Waals surface area contributed by atoms with E-state index in [9.17, 15) is 24.2 Å². The largest absolute Gasteiger partial charge is 0.461 e. The van der Waals surface area contributed by atoms with Crippen LogP contribution < -0.4 is 15.3 Å². The summed E-state index contributed by atoms with van der Waals surface area (Å²) in [6, 6.07) is 12.0. The fourth-order valence-corrected chi connectivity index (χ4v) is 7.98. The van der Waals surface area contributed by atoms with Gasteiger partial charge in [-0.25, -0.2) is 14.1 Å². The van der Waals surface area contributed by atoms with Gasteiger partial charge < -0.3 is 33.9 Å². The smallest absolute Gasteiger partial charge is 0.460 e. The van der Waals surface area contributed by atoms with Crippen molar-refractivity contribution in [2.24, 2.45) is 10.8 Å². The number of para-hydroxylation sites is 1. The van der Waals surface area contributed by atoms with E-state index in [-0.39, 0.29) is 17.3 Å². The second-order valence-electron chi connectivity index (χ2n) is 15.6. The zero-order valence-electron chi connectivity index (χ0n) is 31.1. The summed E-state index contributed by atoms with van der Waals surface area (Å²) >= 11 is 0. The van der Waals surface area contributed by atoms with Crippen molar-refractivity contribution >= 4 is 37.0 Å². The molecule has 0 amide bonds. The van der Waals surface area contributed by atoms with Crippen molar-refractivity contribution in [1.29, 1.82) is 5.26 Å². The summed E-state index contributed by atoms with van der Waals surface area (Å²) in [7, 11) is -4.73. The quantitative estimate of drug-likeness (QED) is 0.158. The first-order valence-corrected chi connectivity index (χ1v) is 19.1. The third-order valence-electron chi connectivity index (χ3n) is 9.32. The number of hydrogen-bond donors (Lipinski definition) is 2. The van der Waals surface area contributed by atoms with Gasteiger partial charge in [0.1, 0.15) is 41.9 Å². The number of nitrogens with two attached hydrogens (primary N) is 1. The van der Waals surface area contributed by atoms with Gasteiger partial charge in [-0.05, 0) is 72.7 Å². The number of nitrogen functional groups attached to an aromatic ring is 1. The molecular formula is C36H45N6O11P. The van der Waals surface area contributed by atoms with Crippen molar-refractivity contribution in [2.45, 2.75) is 103 Å². The predicted octanol–water partition coefficient (Wildman–Crippen LogP) is 4.22. The minimum absolute atomic E-state index is 0.0855. The molecule has 290 valence electrons. The Morgan fingerprint density at radius 2 is 1.70 bits per heavy atom. The van der Waals surface area contributed by atoms with Gasteiger partial charge in [-0.15, -0.1) is 0 Å². The van der Waals surface area contributed by atoms with Crippen molar-refractivity contribution < 1.29 is 51.7 Å². The van der Waals surface area contributed by atoms with Crippen LogP contribution in [0.2, 0.25) is 0 Å². The molecule has 6 rings (SSSR count). The number of ether oxygens (including phenoxy) is 5. The fourth-order valence-electron chi connectivity index (χ4n) is 6.26. The number of carbonyl (C=O) groups excluding carboxylic acids is 3. The van der Waals surface area contributed by atoms with Gasteiger partial charge in [0.25, 0.3) is 0 Å². The van der Waals surface area contributed by atoms with E-state index in [0.29, 0.717) is 31.6 Å². The Morgan fingerprint density at radius 1 is 1.04 bits per heavy atom. The summed E-state index contributed by atoms with van der Waals surface area (Å²) in [5.41, 5.74) is 0.109. The summed E-state index contributed by atoms with van der Waals surface area (Å²) in [6.07, 6.45) is -2.77. The van der Waals surface area contributed by atoms with Crippen LogP contribution in [0.15, 0.2) is 48.8 Å². The minimum Gasteiger partial charge on any atom is -0.461 e. The molecule has 54 heavy (non-hydrogen) atoms. The molecule has 2 saturated heterocycles. The lowest BCUT2D eigenvalue weighted by Gasteiger charge is -2.32. The Labute approximate surface area is 312 Å². The maximum absolute atomic E-state index is 14.9. The van der Waals surface area contributed by atoms with Crippen molar-refractivity contribution in [3.8, 4) is 11.8 Å². The van der Waals surface area contributed by atoms with E-state index < -0.39 is 78.1 Å². The second-order valence-corrected chi connectivity index (χ2v) is 17.2. The SMILES string of the molecule is C[C@H](N[P@@](=O)(Oc1ccccc1)OC1[C@@]2(C#N)O[C@@H](c3ccc4c(N)ncnn34)[C@H](OC(=O)C(C)(C)C)[C@@]12OC(=O)C(C)(C)C)C(=O)OC1CCOCC1. The number of rotatable bonds is 11. The summed E-state index contributed by atoms with van der Waals surface area (Å²) in [6.45, 7) is 11.9. The van der Waals surface area contributed by atoms with Crippen LogP contribution in [0.4, 0.5) is 5.82 Å². The zero-order valence-corrected chi connectivity index (χ0v) is 32.0. The third kappa shape index (κ3) is 7.16. The standard InChI is InChI=1S/C36H45N6O11P/c1-21(29(43)48-22-15-17-47-18-16-22)41-54(46,52-23-11-9-8-10-12-23)53-30-35(19-37)36(30,51-32(45)34(5,6)7)27(49-31(44)33(2,3)4)26(50-35)24-13-14-25-28(38)39-20-40-42(24)25/h8-14,20-22,26-27,30H,15-18H2,1-7H3,(H,41,46)(H2,38,39,40)/t21-,26-,27-,30?,35+,36+,54+/m0/s1. The number of fused-ring (bicyclic) bond motifs is 2. The van der Waals surface area contributed by atoms with Gasteiger partial charge in [0.2, 0.25) is 11.2 Å². The number of nitriles is 1. The maximum atomic E-state index is 14.9. The molecule has 7 atom stereocenters. The summed E-state index contributed by atoms with van der Waals surface area (Å²) in [5, 5.41) is 17.9. The summed E-state index contributed by atoms with van der Waals surface area (Å²) in [4.78, 5) is 44.8. The van der Waals surface area contributed by atoms with Crippen LogP contribution in [0.3, 0.4) is 0 Å². The van der Waals surface area contributed by atoms with E-state index >= 15 is 0 Å². The van der Waals surface area contributed by atoms with Crippen molar-refractivity contribution in [3.05, 3.63) is 54.5 Å². The van der Waals surface area contributed by atoms with Crippen LogP contribution in [0.5, 0.6) is 5.75 Å². The van der Waals surface area contributed by atoms with E-state index in [2.05, 4.69) is 21.2 Å². The van der Waals surface area contributed by atoms with Crippen LogP contribution >= 0.6 is 7.75 Å². The highest BCUT2D eigenvalue weighted by molar-refractivity contribution is 7.52. The lowest BCUT2D eigenvalue weighted by molar-refractivity contribution is -0.187. The number of benzene rings is 1. The Morgan fingerprint density at radius 3 is 2.33 bits per heavy atom. The van der Waals surface area contributed by atoms with Gasteiger partial charge >= 0.3 is 25.7 Å². The number of aromatic nitrogens is 3. The molecule has 2 aliphatic heterocycles. The molecule has 0 radical (unpaired) electrons. The van der Waals surface area contributed by atoms with Crippen molar-refractivity contribution in [1.82, 2.24) is 19.7 Å². The van der Waals surface area contributed by atoms with Gasteiger partial charge in [-0.1, -0.05) is 18.2 Å². The van der Waals surface area contributed by atoms with Gasteiger partial charge in [-0.3, -0.25) is 18.9 Å². The molecule has 3 N–H and O–H groups in total. The molecule has 0 spiro atoms. The monoisotopic (exact) mass is 768 g/mol. The van der Waals surface area contributed by atoms with Crippen molar-refractivity contribution in [3.63, 3.8) is 0 Å². The molecule has 4 heterocycles. The lowest BCUT2D eigenvalue weighted by Crippen LogP contribution is -2.46. The average molecular weight is 769 g/mol. The number of nitrogens with one attached hydrogen (secondary N) is 1. The molecule has 3 aliphatic rings. The maximum Gasteiger partial charge on any atom is 0.460 e. The molecule has 3 aromatic rings. The molecule has 1 aromatic carbocycles. The van der Waals surface area contributed by atoms with Gasteiger partial charge in [-0.2, -0.15) is 15.4 Å². The summed E-state index contributed by atoms with van der Waals surface area (Å²) in [5.74, 6) is -2.05. The van der Waals surface area contributed by atoms with Crippen LogP contribution in [0.25, 0.3) is 5.52 Å². The highest BCUT2D eigenvalue weighted by atomic mass is 31.2.